The van der Waals surface area contributed by atoms with Crippen LogP contribution in [0.3, 0.4) is 0 Å². The average molecular weight is 967 g/mol. The van der Waals surface area contributed by atoms with Crippen LogP contribution in [0.4, 0.5) is 11.4 Å². The fraction of sp³-hybridized carbons (Fsp3) is 0.519. The number of aryl methyl sites for hydroxylation is 1. The lowest BCUT2D eigenvalue weighted by atomic mass is 9.87. The molecule has 3 amide bonds. The van der Waals surface area contributed by atoms with Crippen LogP contribution in [-0.4, -0.2) is 172 Å². The number of rotatable bonds is 31. The van der Waals surface area contributed by atoms with E-state index in [1.165, 1.54) is 17.5 Å². The second kappa shape index (κ2) is 30.4. The van der Waals surface area contributed by atoms with Crippen molar-refractivity contribution in [2.45, 2.75) is 44.6 Å². The molecule has 1 unspecified atom stereocenters. The molecule has 0 saturated carbocycles. The molecule has 1 saturated heterocycles. The van der Waals surface area contributed by atoms with Crippen molar-refractivity contribution >= 4 is 29.1 Å². The van der Waals surface area contributed by atoms with Crippen molar-refractivity contribution in [2.24, 2.45) is 0 Å². The Balaban J connectivity index is 0.919. The van der Waals surface area contributed by atoms with Crippen molar-refractivity contribution < 1.29 is 47.5 Å². The van der Waals surface area contributed by atoms with Gasteiger partial charge in [0.05, 0.1) is 103 Å². The molecule has 1 aliphatic carbocycles. The number of methoxy groups -OCH3 is 1. The molecule has 1 atom stereocenters. The van der Waals surface area contributed by atoms with Crippen LogP contribution in [0.1, 0.15) is 80.3 Å². The number of hydrogen-bond acceptors (Lipinski definition) is 13. The second-order valence-electron chi connectivity index (χ2n) is 17.6. The first-order valence-electron chi connectivity index (χ1n) is 24.9. The number of nitrogens with zero attached hydrogens (tertiary/aromatic N) is 4. The normalized spacial score (nSPS) is 14.6. The van der Waals surface area contributed by atoms with Gasteiger partial charge >= 0.3 is 0 Å². The number of carbonyl (C=O) groups excluding carboxylic acids is 3. The van der Waals surface area contributed by atoms with Gasteiger partial charge in [-0.25, -0.2) is 0 Å². The number of amides is 3. The molecule has 1 aromatic heterocycles. The van der Waals surface area contributed by atoms with Gasteiger partial charge in [0.15, 0.2) is 0 Å². The molecule has 0 radical (unpaired) electrons. The molecule has 2 aliphatic rings. The van der Waals surface area contributed by atoms with Crippen LogP contribution in [-0.2, 0) is 39.6 Å². The zero-order chi connectivity index (χ0) is 49.2. The summed E-state index contributed by atoms with van der Waals surface area (Å²) in [5.41, 5.74) is 6.59. The van der Waals surface area contributed by atoms with Gasteiger partial charge in [-0.2, -0.15) is 0 Å². The molecule has 380 valence electrons. The summed E-state index contributed by atoms with van der Waals surface area (Å²) >= 11 is 0. The molecule has 6 rings (SSSR count). The zero-order valence-corrected chi connectivity index (χ0v) is 41.5. The summed E-state index contributed by atoms with van der Waals surface area (Å²) in [4.78, 5) is 52.2. The van der Waals surface area contributed by atoms with Crippen molar-refractivity contribution in [3.05, 3.63) is 113 Å². The monoisotopic (exact) mass is 967 g/mol. The lowest BCUT2D eigenvalue weighted by Gasteiger charge is -2.29. The van der Waals surface area contributed by atoms with Gasteiger partial charge in [-0.15, -0.1) is 0 Å². The van der Waals surface area contributed by atoms with Crippen LogP contribution in [0, 0.1) is 0 Å². The van der Waals surface area contributed by atoms with Crippen LogP contribution >= 0.6 is 0 Å². The highest BCUT2D eigenvalue weighted by atomic mass is 16.6. The van der Waals surface area contributed by atoms with Crippen molar-refractivity contribution in [3.8, 4) is 11.3 Å². The summed E-state index contributed by atoms with van der Waals surface area (Å²) in [6.07, 6.45) is 7.98. The molecule has 2 heterocycles. The summed E-state index contributed by atoms with van der Waals surface area (Å²) < 4.78 is 38.1. The summed E-state index contributed by atoms with van der Waals surface area (Å²) in [5.74, 6) is -0.708. The van der Waals surface area contributed by atoms with Gasteiger partial charge < -0.3 is 58.5 Å². The van der Waals surface area contributed by atoms with E-state index >= 15 is 0 Å². The molecule has 0 bridgehead atoms. The fourth-order valence-corrected chi connectivity index (χ4v) is 8.37. The minimum Gasteiger partial charge on any atom is -0.382 e. The first-order chi connectivity index (χ1) is 34.3. The summed E-state index contributed by atoms with van der Waals surface area (Å²) in [6, 6.07) is 24.6. The number of likely N-dealkylation sites (N-methyl/N-ethyl adjacent to an activating group) is 2. The number of carbonyl (C=O) groups is 3. The molecule has 3 aromatic carbocycles. The smallest absolute Gasteiger partial charge is 0.255 e. The van der Waals surface area contributed by atoms with Crippen LogP contribution < -0.4 is 15.5 Å². The van der Waals surface area contributed by atoms with E-state index in [2.05, 4.69) is 38.6 Å². The topological polar surface area (TPSA) is 162 Å². The Morgan fingerprint density at radius 2 is 1.26 bits per heavy atom. The second-order valence-corrected chi connectivity index (χ2v) is 17.6. The zero-order valence-electron chi connectivity index (χ0n) is 41.5. The Kier molecular flexibility index (Phi) is 23.5. The predicted molar refractivity (Wildman–Crippen MR) is 271 cm³/mol. The van der Waals surface area contributed by atoms with Crippen LogP contribution in [0.2, 0.25) is 0 Å². The van der Waals surface area contributed by atoms with E-state index in [0.29, 0.717) is 139 Å². The molecule has 16 nitrogen and oxygen atoms in total. The Hall–Kier alpha value is -5.30. The van der Waals surface area contributed by atoms with E-state index in [1.807, 2.05) is 31.3 Å². The van der Waals surface area contributed by atoms with E-state index < -0.39 is 0 Å². The van der Waals surface area contributed by atoms with Crippen LogP contribution in [0.5, 0.6) is 0 Å². The quantitative estimate of drug-likeness (QED) is 0.0523. The Labute approximate surface area is 414 Å². The maximum absolute atomic E-state index is 14.0. The molecule has 1 fully saturated rings. The Bertz CT molecular complexity index is 2210. The van der Waals surface area contributed by atoms with E-state index in [9.17, 15) is 14.4 Å². The van der Waals surface area contributed by atoms with E-state index in [1.54, 1.807) is 61.7 Å². The van der Waals surface area contributed by atoms with E-state index in [-0.39, 0.29) is 23.8 Å². The van der Waals surface area contributed by atoms with Gasteiger partial charge in [0.2, 0.25) is 0 Å². The number of hydrogen-bond donors (Lipinski definition) is 2. The van der Waals surface area contributed by atoms with Crippen molar-refractivity contribution in [3.63, 3.8) is 0 Å². The van der Waals surface area contributed by atoms with E-state index in [4.69, 9.17) is 38.1 Å². The Morgan fingerprint density at radius 1 is 0.629 bits per heavy atom. The van der Waals surface area contributed by atoms with Gasteiger partial charge in [-0.05, 0) is 105 Å². The molecule has 16 heteroatoms. The third kappa shape index (κ3) is 17.8. The third-order valence-electron chi connectivity index (χ3n) is 12.4. The molecule has 1 aliphatic heterocycles. The lowest BCUT2D eigenvalue weighted by molar-refractivity contribution is -0.0195. The lowest BCUT2D eigenvalue weighted by Crippen LogP contribution is -2.36. The average Bonchev–Trinajstić information content (AvgIpc) is 3.39. The minimum atomic E-state index is -0.358. The van der Waals surface area contributed by atoms with Crippen molar-refractivity contribution in [1.29, 1.82) is 0 Å². The number of ether oxygens (including phenoxy) is 7. The van der Waals surface area contributed by atoms with Gasteiger partial charge in [-0.1, -0.05) is 30.3 Å². The maximum Gasteiger partial charge on any atom is 0.255 e. The molecule has 70 heavy (non-hydrogen) atoms. The minimum absolute atomic E-state index is 0.0611. The van der Waals surface area contributed by atoms with Crippen molar-refractivity contribution in [1.82, 2.24) is 20.1 Å². The molecule has 0 spiro atoms. The molecular formula is C54H74N6O10. The number of fused-ring (bicyclic) bond motifs is 1. The fourth-order valence-electron chi connectivity index (χ4n) is 8.37. The van der Waals surface area contributed by atoms with Gasteiger partial charge in [0.1, 0.15) is 0 Å². The first kappa shape index (κ1) is 54.0. The predicted octanol–water partition coefficient (Wildman–Crippen LogP) is 6.55. The summed E-state index contributed by atoms with van der Waals surface area (Å²) in [6.45, 7) is 10.4. The highest BCUT2D eigenvalue weighted by Crippen LogP contribution is 2.34. The number of aromatic nitrogens is 1. The maximum atomic E-state index is 14.0. The highest BCUT2D eigenvalue weighted by Gasteiger charge is 2.24. The highest BCUT2D eigenvalue weighted by molar-refractivity contribution is 6.08. The van der Waals surface area contributed by atoms with Gasteiger partial charge in [0, 0.05) is 81.0 Å². The standard InChI is InChI=1S/C54H74N6O10/c1-58(25-26-65-29-30-67-33-34-69-37-38-70-36-35-68-32-31-66-28-27-64-3)23-24-59(2)54(63)45-14-9-13-43(39-45)52(61)57-50-18-17-46(60-21-7-4-8-22-60)41-48(50)51-40-44(19-20-55-51)53(62)56-49-16-10-12-42-11-5-6-15-47(42)49/h5-6,9,11,13-15,17-20,39-41,49H,4,7-8,10,12,16,21-38H2,1-3H3,(H,56,62)(H,57,61). The molecular weight excluding hydrogens is 893 g/mol. The van der Waals surface area contributed by atoms with Crippen LogP contribution in [0.25, 0.3) is 11.3 Å². The summed E-state index contributed by atoms with van der Waals surface area (Å²) in [5, 5.41) is 6.38. The number of nitrogens with one attached hydrogen (secondary N) is 2. The van der Waals surface area contributed by atoms with Crippen LogP contribution in [0.15, 0.2) is 85.1 Å². The number of benzene rings is 3. The molecule has 2 N–H and O–H groups in total. The third-order valence-corrected chi connectivity index (χ3v) is 12.4. The largest absolute Gasteiger partial charge is 0.382 e. The van der Waals surface area contributed by atoms with Gasteiger partial charge in [0.25, 0.3) is 17.7 Å². The van der Waals surface area contributed by atoms with Crippen molar-refractivity contribution in [2.75, 3.05) is 150 Å². The number of pyridine rings is 1. The SMILES string of the molecule is COCCOCCOCCOCCOCCOCCOCCN(C)CCN(C)C(=O)c1cccc(C(=O)Nc2ccc(N3CCCCC3)cc2-c2cc(C(=O)NC3CCCc4ccccc43)ccn2)c1. The Morgan fingerprint density at radius 3 is 1.94 bits per heavy atom. The van der Waals surface area contributed by atoms with Gasteiger partial charge in [-0.3, -0.25) is 19.4 Å². The molecule has 4 aromatic rings. The number of piperidine rings is 1. The first-order valence-corrected chi connectivity index (χ1v) is 24.9. The van der Waals surface area contributed by atoms with E-state index in [0.717, 1.165) is 50.9 Å². The number of anilines is 2. The summed E-state index contributed by atoms with van der Waals surface area (Å²) in [7, 11) is 5.39.